The van der Waals surface area contributed by atoms with Gasteiger partial charge in [-0.2, -0.15) is 6.07 Å². The minimum Gasteiger partial charge on any atom is -1.00 e. The third kappa shape index (κ3) is 4.49. The van der Waals surface area contributed by atoms with Gasteiger partial charge in [0, 0.05) is 0 Å². The molecule has 0 spiro atoms. The van der Waals surface area contributed by atoms with E-state index in [0.29, 0.717) is 5.76 Å². The Bertz CT molecular complexity index is 277. The maximum Gasteiger partial charge on any atom is 2.00 e. The van der Waals surface area contributed by atoms with Gasteiger partial charge in [0.2, 0.25) is 0 Å². The van der Waals surface area contributed by atoms with Crippen LogP contribution in [0.5, 0.6) is 0 Å². The minimum absolute atomic E-state index is 0. The molecular weight excluding hydrogens is 200 g/mol. The second-order valence-corrected chi connectivity index (χ2v) is 2.24. The molecule has 4 heteroatoms. The van der Waals surface area contributed by atoms with Crippen LogP contribution in [0.3, 0.4) is 0 Å². The van der Waals surface area contributed by atoms with Crippen LogP contribution in [-0.2, 0) is 0 Å². The molecule has 1 rings (SSSR count). The smallest absolute Gasteiger partial charge is 1.00 e. The summed E-state index contributed by atoms with van der Waals surface area (Å²) < 4.78 is 5.12. The molecule has 1 aromatic rings. The van der Waals surface area contributed by atoms with Crippen molar-refractivity contribution < 1.29 is 21.9 Å². The van der Waals surface area contributed by atoms with E-state index in [1.807, 2.05) is 6.92 Å². The molecule has 0 aliphatic heterocycles. The maximum atomic E-state index is 9.21. The van der Waals surface area contributed by atoms with Crippen molar-refractivity contribution in [1.29, 1.82) is 0 Å². The van der Waals surface area contributed by atoms with Gasteiger partial charge in [0.1, 0.15) is 0 Å². The van der Waals surface area contributed by atoms with Gasteiger partial charge in [-0.1, -0.05) is 0 Å². The number of aliphatic hydroxyl groups is 1. The summed E-state index contributed by atoms with van der Waals surface area (Å²) in [5.41, 5.74) is 0. The van der Waals surface area contributed by atoms with E-state index in [4.69, 9.17) is 10.8 Å². The predicted octanol–water partition coefficient (Wildman–Crippen LogP) is -1.51. The van der Waals surface area contributed by atoms with Crippen molar-refractivity contribution in [2.75, 3.05) is 0 Å². The molecule has 0 unspecified atom stereocenters. The zero-order chi connectivity index (χ0) is 8.27. The van der Waals surface area contributed by atoms with Gasteiger partial charge in [-0.05, 0) is 25.2 Å². The molecule has 1 heterocycles. The number of rotatable bonds is 2. The van der Waals surface area contributed by atoms with Crippen molar-refractivity contribution in [2.24, 2.45) is 0 Å². The van der Waals surface area contributed by atoms with Crippen LogP contribution in [-0.4, -0.2) is 28.2 Å². The van der Waals surface area contributed by atoms with Crippen LogP contribution < -0.4 is 12.4 Å². The molecule has 0 fully saturated rings. The molecule has 1 N–H and O–H groups in total. The summed E-state index contributed by atoms with van der Waals surface area (Å²) >= 11 is 0. The van der Waals surface area contributed by atoms with E-state index in [2.05, 4.69) is 5.92 Å². The SMILES string of the molecule is C#CC[C-](O)c1ccc(C)o1.[Cl-].[Mg+2]. The monoisotopic (exact) mass is 208 g/mol. The van der Waals surface area contributed by atoms with Crippen LogP contribution in [0, 0.1) is 25.4 Å². The van der Waals surface area contributed by atoms with Gasteiger partial charge >= 0.3 is 23.1 Å². The third-order valence-corrected chi connectivity index (χ3v) is 1.29. The number of terminal acetylenes is 1. The van der Waals surface area contributed by atoms with E-state index >= 15 is 0 Å². The topological polar surface area (TPSA) is 33.4 Å². The molecule has 0 radical (unpaired) electrons. The summed E-state index contributed by atoms with van der Waals surface area (Å²) in [5.74, 6) is 3.55. The van der Waals surface area contributed by atoms with E-state index in [9.17, 15) is 5.11 Å². The number of furan rings is 1. The van der Waals surface area contributed by atoms with E-state index in [1.165, 1.54) is 0 Å². The van der Waals surface area contributed by atoms with Crippen LogP contribution in [0.4, 0.5) is 0 Å². The van der Waals surface area contributed by atoms with Crippen molar-refractivity contribution in [2.45, 2.75) is 13.3 Å². The normalized spacial score (nSPS) is 7.77. The van der Waals surface area contributed by atoms with Crippen molar-refractivity contribution >= 4 is 23.1 Å². The summed E-state index contributed by atoms with van der Waals surface area (Å²) in [6, 6.07) is 3.48. The zero-order valence-electron chi connectivity index (χ0n) is 7.38. The van der Waals surface area contributed by atoms with Crippen LogP contribution in [0.15, 0.2) is 16.5 Å². The average Bonchev–Trinajstić information content (AvgIpc) is 2.36. The first-order valence-corrected chi connectivity index (χ1v) is 3.29. The first-order chi connectivity index (χ1) is 5.24. The van der Waals surface area contributed by atoms with E-state index in [-0.39, 0.29) is 48.0 Å². The van der Waals surface area contributed by atoms with Crippen molar-refractivity contribution in [3.05, 3.63) is 29.8 Å². The van der Waals surface area contributed by atoms with Gasteiger partial charge in [-0.25, -0.2) is 0 Å². The van der Waals surface area contributed by atoms with Gasteiger partial charge in [0.25, 0.3) is 0 Å². The van der Waals surface area contributed by atoms with E-state index in [1.54, 1.807) is 12.1 Å². The standard InChI is InChI=1S/C9H9O2.ClH.Mg/c1-3-4-8(10)9-6-5-7(2)11-9;;/h1,5-6,10H,4H2,2H3;1H;/q-1;;+2/p-1. The molecule has 1 aromatic heterocycles. The summed E-state index contributed by atoms with van der Waals surface area (Å²) in [5, 5.41) is 9.21. The third-order valence-electron chi connectivity index (χ3n) is 1.29. The van der Waals surface area contributed by atoms with E-state index < -0.39 is 0 Å². The summed E-state index contributed by atoms with van der Waals surface area (Å²) in [6.07, 6.45) is 5.33. The molecule has 0 aliphatic rings. The van der Waals surface area contributed by atoms with Crippen molar-refractivity contribution in [3.8, 4) is 12.3 Å². The summed E-state index contributed by atoms with van der Waals surface area (Å²) in [6.45, 7) is 1.81. The Labute approximate surface area is 100 Å². The Morgan fingerprint density at radius 1 is 1.62 bits per heavy atom. The van der Waals surface area contributed by atoms with Crippen LogP contribution >= 0.6 is 0 Å². The molecule has 0 saturated heterocycles. The largest absolute Gasteiger partial charge is 2.00 e. The van der Waals surface area contributed by atoms with Gasteiger partial charge in [-0.3, -0.25) is 0 Å². The number of hydrogen-bond acceptors (Lipinski definition) is 2. The van der Waals surface area contributed by atoms with Crippen LogP contribution in [0.2, 0.25) is 0 Å². The average molecular weight is 209 g/mol. The molecule has 0 atom stereocenters. The Balaban J connectivity index is 0. The molecule has 0 saturated carbocycles. The quantitative estimate of drug-likeness (QED) is 0.364. The number of hydrogen-bond donors (Lipinski definition) is 1. The maximum absolute atomic E-state index is 9.21. The second-order valence-electron chi connectivity index (χ2n) is 2.24. The zero-order valence-corrected chi connectivity index (χ0v) is 9.55. The first kappa shape index (κ1) is 15.2. The molecular formula is C9H9ClMgO2. The number of aliphatic hydroxyl groups excluding tert-OH is 1. The van der Waals surface area contributed by atoms with E-state index in [0.717, 1.165) is 5.76 Å². The molecule has 0 aliphatic carbocycles. The first-order valence-electron chi connectivity index (χ1n) is 3.29. The molecule has 0 bridgehead atoms. The van der Waals surface area contributed by atoms with Gasteiger partial charge in [-0.15, -0.1) is 18.4 Å². The van der Waals surface area contributed by atoms with Gasteiger partial charge in [0.15, 0.2) is 0 Å². The Morgan fingerprint density at radius 3 is 2.62 bits per heavy atom. The molecule has 66 valence electrons. The molecule has 0 amide bonds. The molecule has 2 nitrogen and oxygen atoms in total. The fraction of sp³-hybridized carbons (Fsp3) is 0.222. The van der Waals surface area contributed by atoms with Crippen molar-refractivity contribution in [3.63, 3.8) is 0 Å². The molecule has 0 aromatic carbocycles. The van der Waals surface area contributed by atoms with Gasteiger partial charge in [0.05, 0.1) is 5.76 Å². The second kappa shape index (κ2) is 7.16. The summed E-state index contributed by atoms with van der Waals surface area (Å²) in [4.78, 5) is 0. The Morgan fingerprint density at radius 2 is 2.23 bits per heavy atom. The molecule has 13 heavy (non-hydrogen) atoms. The van der Waals surface area contributed by atoms with Gasteiger partial charge < -0.3 is 21.9 Å². The number of halogens is 1. The Kier molecular flexibility index (Phi) is 8.38. The van der Waals surface area contributed by atoms with Crippen LogP contribution in [0.25, 0.3) is 0 Å². The summed E-state index contributed by atoms with van der Waals surface area (Å²) in [7, 11) is 0. The van der Waals surface area contributed by atoms with Crippen LogP contribution in [0.1, 0.15) is 17.9 Å². The fourth-order valence-electron chi connectivity index (χ4n) is 0.773. The predicted molar refractivity (Wildman–Crippen MR) is 46.9 cm³/mol. The number of aryl methyl sites for hydroxylation is 1. The fourth-order valence-corrected chi connectivity index (χ4v) is 0.773. The Hall–Kier alpha value is -0.274. The van der Waals surface area contributed by atoms with Crippen molar-refractivity contribution in [1.82, 2.24) is 0 Å². The minimum atomic E-state index is 0.